The van der Waals surface area contributed by atoms with Crippen molar-refractivity contribution >= 4 is 12.0 Å². The molecule has 0 radical (unpaired) electrons. The Morgan fingerprint density at radius 1 is 1.24 bits per heavy atom. The monoisotopic (exact) mass is 298 g/mol. The number of hydrogen-bond acceptors (Lipinski definition) is 2. The van der Waals surface area contributed by atoms with Crippen molar-refractivity contribution in [1.29, 1.82) is 0 Å². The summed E-state index contributed by atoms with van der Waals surface area (Å²) >= 11 is 0. The van der Waals surface area contributed by atoms with E-state index in [9.17, 15) is 9.59 Å². The van der Waals surface area contributed by atoms with Gasteiger partial charge in [0.1, 0.15) is 0 Å². The van der Waals surface area contributed by atoms with Crippen LogP contribution in [0.15, 0.2) is 0 Å². The maximum Gasteiger partial charge on any atom is 0.317 e. The molecular formula is C16H30N2O3. The van der Waals surface area contributed by atoms with Crippen molar-refractivity contribution in [3.63, 3.8) is 0 Å². The van der Waals surface area contributed by atoms with Crippen molar-refractivity contribution in [2.45, 2.75) is 71.3 Å². The zero-order valence-corrected chi connectivity index (χ0v) is 13.7. The third-order valence-electron chi connectivity index (χ3n) is 4.98. The Morgan fingerprint density at radius 3 is 2.38 bits per heavy atom. The first-order chi connectivity index (χ1) is 9.96. The van der Waals surface area contributed by atoms with Crippen molar-refractivity contribution in [3.8, 4) is 0 Å². The predicted octanol–water partition coefficient (Wildman–Crippen LogP) is 3.24. The quantitative estimate of drug-likeness (QED) is 0.758. The Bertz CT molecular complexity index is 345. The van der Waals surface area contributed by atoms with Crippen LogP contribution in [-0.2, 0) is 4.79 Å². The lowest BCUT2D eigenvalue weighted by atomic mass is 9.89. The first kappa shape index (κ1) is 17.8. The fourth-order valence-electron chi connectivity index (χ4n) is 3.13. The van der Waals surface area contributed by atoms with Crippen LogP contribution in [0.2, 0.25) is 0 Å². The molecule has 1 unspecified atom stereocenters. The standard InChI is InChI=1S/C16H30N2O3/c1-4-16(5-2,6-3)17-15(21)18-11-7-8-13(12-18)9-10-14(19)20/h13H,4-12H2,1-3H3,(H,17,21)(H,19,20). The summed E-state index contributed by atoms with van der Waals surface area (Å²) in [7, 11) is 0. The number of hydrogen-bond donors (Lipinski definition) is 2. The molecular weight excluding hydrogens is 268 g/mol. The van der Waals surface area contributed by atoms with Crippen LogP contribution in [0.3, 0.4) is 0 Å². The first-order valence-electron chi connectivity index (χ1n) is 8.25. The molecule has 21 heavy (non-hydrogen) atoms. The molecule has 0 aliphatic carbocycles. The van der Waals surface area contributed by atoms with Gasteiger partial charge in [0.25, 0.3) is 0 Å². The summed E-state index contributed by atoms with van der Waals surface area (Å²) in [4.78, 5) is 25.0. The van der Waals surface area contributed by atoms with Gasteiger partial charge in [-0.1, -0.05) is 20.8 Å². The lowest BCUT2D eigenvalue weighted by Crippen LogP contribution is -2.54. The SMILES string of the molecule is CCC(CC)(CC)NC(=O)N1CCCC(CCC(=O)O)C1. The fraction of sp³-hybridized carbons (Fsp3) is 0.875. The topological polar surface area (TPSA) is 69.6 Å². The van der Waals surface area contributed by atoms with Crippen LogP contribution in [0.1, 0.15) is 65.7 Å². The highest BCUT2D eigenvalue weighted by Crippen LogP contribution is 2.23. The third-order valence-corrected chi connectivity index (χ3v) is 4.98. The summed E-state index contributed by atoms with van der Waals surface area (Å²) in [5, 5.41) is 12.0. The summed E-state index contributed by atoms with van der Waals surface area (Å²) < 4.78 is 0. The molecule has 0 aromatic heterocycles. The highest BCUT2D eigenvalue weighted by molar-refractivity contribution is 5.75. The number of carbonyl (C=O) groups excluding carboxylic acids is 1. The Morgan fingerprint density at radius 2 is 1.86 bits per heavy atom. The van der Waals surface area contributed by atoms with Gasteiger partial charge < -0.3 is 15.3 Å². The summed E-state index contributed by atoms with van der Waals surface area (Å²) in [5.74, 6) is -0.432. The lowest BCUT2D eigenvalue weighted by Gasteiger charge is -2.38. The third kappa shape index (κ3) is 5.21. The first-order valence-corrected chi connectivity index (χ1v) is 8.25. The minimum Gasteiger partial charge on any atom is -0.481 e. The maximum atomic E-state index is 12.5. The van der Waals surface area contributed by atoms with E-state index in [0.29, 0.717) is 18.9 Å². The van der Waals surface area contributed by atoms with Crippen molar-refractivity contribution < 1.29 is 14.7 Å². The fourth-order valence-corrected chi connectivity index (χ4v) is 3.13. The highest BCUT2D eigenvalue weighted by Gasteiger charge is 2.30. The molecule has 5 heteroatoms. The van der Waals surface area contributed by atoms with Gasteiger partial charge in [-0.3, -0.25) is 4.79 Å². The number of carboxylic acids is 1. The van der Waals surface area contributed by atoms with Gasteiger partial charge in [-0.2, -0.15) is 0 Å². The van der Waals surface area contributed by atoms with E-state index < -0.39 is 5.97 Å². The van der Waals surface area contributed by atoms with Crippen LogP contribution in [0.4, 0.5) is 4.79 Å². The Kier molecular flexibility index (Phi) is 6.99. The van der Waals surface area contributed by atoms with Crippen molar-refractivity contribution in [2.24, 2.45) is 5.92 Å². The van der Waals surface area contributed by atoms with Gasteiger partial charge in [0.15, 0.2) is 0 Å². The molecule has 0 bridgehead atoms. The summed E-state index contributed by atoms with van der Waals surface area (Å²) in [6, 6.07) is 0.0144. The molecule has 2 amide bonds. The Labute approximate surface area is 128 Å². The molecule has 122 valence electrons. The number of piperidine rings is 1. The zero-order valence-electron chi connectivity index (χ0n) is 13.7. The maximum absolute atomic E-state index is 12.5. The van der Waals surface area contributed by atoms with Crippen LogP contribution in [-0.4, -0.2) is 40.6 Å². The van der Waals surface area contributed by atoms with Crippen LogP contribution in [0.25, 0.3) is 0 Å². The average molecular weight is 298 g/mol. The minimum atomic E-state index is -0.751. The minimum absolute atomic E-state index is 0.0144. The van der Waals surface area contributed by atoms with Crippen LogP contribution >= 0.6 is 0 Å². The molecule has 1 saturated heterocycles. The molecule has 1 aliphatic heterocycles. The Hall–Kier alpha value is -1.26. The Balaban J connectivity index is 2.55. The number of rotatable bonds is 7. The molecule has 0 saturated carbocycles. The van der Waals surface area contributed by atoms with E-state index in [1.165, 1.54) is 0 Å². The number of likely N-dealkylation sites (tertiary alicyclic amines) is 1. The number of urea groups is 1. The smallest absolute Gasteiger partial charge is 0.317 e. The zero-order chi connectivity index (χ0) is 15.9. The molecule has 1 aliphatic rings. The van der Waals surface area contributed by atoms with Crippen LogP contribution < -0.4 is 5.32 Å². The lowest BCUT2D eigenvalue weighted by molar-refractivity contribution is -0.137. The summed E-state index contributed by atoms with van der Waals surface area (Å²) in [6.45, 7) is 7.80. The molecule has 0 spiro atoms. The largest absolute Gasteiger partial charge is 0.481 e. The van der Waals surface area contributed by atoms with E-state index >= 15 is 0 Å². The van der Waals surface area contributed by atoms with Gasteiger partial charge in [0.05, 0.1) is 0 Å². The molecule has 1 fully saturated rings. The summed E-state index contributed by atoms with van der Waals surface area (Å²) in [6.07, 6.45) is 5.65. The molecule has 0 aromatic rings. The van der Waals surface area contributed by atoms with Crippen LogP contribution in [0, 0.1) is 5.92 Å². The van der Waals surface area contributed by atoms with Crippen molar-refractivity contribution in [2.75, 3.05) is 13.1 Å². The predicted molar refractivity (Wildman–Crippen MR) is 83.3 cm³/mol. The summed E-state index contributed by atoms with van der Waals surface area (Å²) in [5.41, 5.74) is -0.106. The molecule has 1 atom stereocenters. The van der Waals surface area contributed by atoms with Gasteiger partial charge in [0, 0.05) is 25.0 Å². The van der Waals surface area contributed by atoms with Crippen molar-refractivity contribution in [3.05, 3.63) is 0 Å². The number of carboxylic acid groups (broad SMARTS) is 1. The molecule has 1 rings (SSSR count). The van der Waals surface area contributed by atoms with Crippen molar-refractivity contribution in [1.82, 2.24) is 10.2 Å². The van der Waals surface area contributed by atoms with Gasteiger partial charge in [-0.15, -0.1) is 0 Å². The number of carbonyl (C=O) groups is 2. The average Bonchev–Trinajstić information content (AvgIpc) is 2.51. The number of nitrogens with zero attached hydrogens (tertiary/aromatic N) is 1. The second-order valence-corrected chi connectivity index (χ2v) is 6.16. The number of aliphatic carboxylic acids is 1. The van der Waals surface area contributed by atoms with Gasteiger partial charge >= 0.3 is 12.0 Å². The molecule has 2 N–H and O–H groups in total. The van der Waals surface area contributed by atoms with Crippen LogP contribution in [0.5, 0.6) is 0 Å². The van der Waals surface area contributed by atoms with Gasteiger partial charge in [0.2, 0.25) is 0 Å². The molecule has 5 nitrogen and oxygen atoms in total. The second-order valence-electron chi connectivity index (χ2n) is 6.16. The second kappa shape index (κ2) is 8.25. The highest BCUT2D eigenvalue weighted by atomic mass is 16.4. The van der Waals surface area contributed by atoms with E-state index in [4.69, 9.17) is 5.11 Å². The number of amides is 2. The van der Waals surface area contributed by atoms with E-state index in [1.807, 2.05) is 4.90 Å². The van der Waals surface area contributed by atoms with E-state index in [-0.39, 0.29) is 18.0 Å². The van der Waals surface area contributed by atoms with E-state index in [2.05, 4.69) is 26.1 Å². The molecule has 0 aromatic carbocycles. The van der Waals surface area contributed by atoms with Gasteiger partial charge in [-0.05, 0) is 44.4 Å². The van der Waals surface area contributed by atoms with E-state index in [1.54, 1.807) is 0 Å². The number of nitrogens with one attached hydrogen (secondary N) is 1. The van der Waals surface area contributed by atoms with E-state index in [0.717, 1.165) is 38.6 Å². The molecule has 1 heterocycles. The van der Waals surface area contributed by atoms with Gasteiger partial charge in [-0.25, -0.2) is 4.79 Å². The normalized spacial score (nSPS) is 19.4.